The van der Waals surface area contributed by atoms with Gasteiger partial charge in [0.05, 0.1) is 6.61 Å². The highest BCUT2D eigenvalue weighted by molar-refractivity contribution is 5.69. The Kier molecular flexibility index (Phi) is 4.52. The van der Waals surface area contributed by atoms with Crippen LogP contribution in [-0.2, 0) is 4.79 Å². The number of primary amides is 1. The van der Waals surface area contributed by atoms with Gasteiger partial charge in [0, 0.05) is 22.7 Å². The number of nitrogens with two attached hydrogens (primary N) is 1. The van der Waals surface area contributed by atoms with Crippen LogP contribution in [0.5, 0.6) is 5.75 Å². The Hall–Kier alpha value is -2.43. The Labute approximate surface area is 122 Å². The number of carbonyl (C=O) groups is 1. The molecule has 0 saturated heterocycles. The van der Waals surface area contributed by atoms with Gasteiger partial charge in [-0.1, -0.05) is 6.92 Å². The number of amides is 1. The Bertz CT molecular complexity index is 641. The van der Waals surface area contributed by atoms with E-state index in [9.17, 15) is 4.39 Å². The van der Waals surface area contributed by atoms with E-state index in [4.69, 9.17) is 9.53 Å². The van der Waals surface area contributed by atoms with Crippen LogP contribution in [-0.4, -0.2) is 18.0 Å². The number of aromatic nitrogens is 1. The van der Waals surface area contributed by atoms with E-state index < -0.39 is 0 Å². The molecule has 1 aliphatic heterocycles. The molecule has 0 radical (unpaired) electrons. The molecule has 0 fully saturated rings. The van der Waals surface area contributed by atoms with Crippen molar-refractivity contribution >= 4 is 6.41 Å². The fourth-order valence-electron chi connectivity index (χ4n) is 2.31. The molecule has 1 atom stereocenters. The van der Waals surface area contributed by atoms with Gasteiger partial charge in [-0.2, -0.15) is 0 Å². The Morgan fingerprint density at radius 3 is 2.62 bits per heavy atom. The first-order valence-corrected chi connectivity index (χ1v) is 6.62. The van der Waals surface area contributed by atoms with Gasteiger partial charge < -0.3 is 10.5 Å². The molecular formula is C16H17FN2O2. The summed E-state index contributed by atoms with van der Waals surface area (Å²) >= 11 is 0. The number of aryl methyl sites for hydroxylation is 1. The maximum absolute atomic E-state index is 13.0. The van der Waals surface area contributed by atoms with Gasteiger partial charge in [0.2, 0.25) is 6.41 Å². The minimum absolute atomic E-state index is 0.239. The Morgan fingerprint density at radius 1 is 1.38 bits per heavy atom. The van der Waals surface area contributed by atoms with E-state index in [2.05, 4.69) is 23.7 Å². The highest BCUT2D eigenvalue weighted by atomic mass is 19.1. The lowest BCUT2D eigenvalue weighted by Gasteiger charge is -2.09. The number of halogens is 1. The van der Waals surface area contributed by atoms with Crippen molar-refractivity contribution in [3.05, 3.63) is 47.4 Å². The molecule has 1 aromatic carbocycles. The number of rotatable bonds is 1. The number of pyridine rings is 1. The highest BCUT2D eigenvalue weighted by Gasteiger charge is 2.25. The van der Waals surface area contributed by atoms with Crippen molar-refractivity contribution in [2.24, 2.45) is 5.73 Å². The monoisotopic (exact) mass is 288 g/mol. The number of hydrogen-bond donors (Lipinski definition) is 1. The minimum Gasteiger partial charge on any atom is -0.490 e. The zero-order chi connectivity index (χ0) is 15.4. The smallest absolute Gasteiger partial charge is 0.204 e. The average Bonchev–Trinajstić information content (AvgIpc) is 2.82. The lowest BCUT2D eigenvalue weighted by molar-refractivity contribution is -0.106. The third kappa shape index (κ3) is 3.18. The third-order valence-corrected chi connectivity index (χ3v) is 3.26. The van der Waals surface area contributed by atoms with Crippen LogP contribution < -0.4 is 10.5 Å². The molecule has 2 heterocycles. The van der Waals surface area contributed by atoms with Crippen molar-refractivity contribution in [1.29, 1.82) is 0 Å². The van der Waals surface area contributed by atoms with Crippen LogP contribution in [0.2, 0.25) is 0 Å². The second kappa shape index (κ2) is 6.35. The van der Waals surface area contributed by atoms with Crippen molar-refractivity contribution in [1.82, 2.24) is 4.98 Å². The predicted octanol–water partition coefficient (Wildman–Crippen LogP) is 2.79. The van der Waals surface area contributed by atoms with Crippen LogP contribution in [0.4, 0.5) is 4.39 Å². The molecule has 1 aliphatic rings. The first-order chi connectivity index (χ1) is 10.1. The van der Waals surface area contributed by atoms with Crippen molar-refractivity contribution in [2.75, 3.05) is 6.61 Å². The van der Waals surface area contributed by atoms with Crippen molar-refractivity contribution < 1.29 is 13.9 Å². The fourth-order valence-corrected chi connectivity index (χ4v) is 2.31. The fraction of sp³-hybridized carbons (Fsp3) is 0.250. The van der Waals surface area contributed by atoms with Crippen LogP contribution in [0.25, 0.3) is 11.3 Å². The summed E-state index contributed by atoms with van der Waals surface area (Å²) < 4.78 is 18.7. The first-order valence-electron chi connectivity index (χ1n) is 6.62. The van der Waals surface area contributed by atoms with E-state index in [1.54, 1.807) is 12.1 Å². The highest BCUT2D eigenvalue weighted by Crippen LogP contribution is 2.40. The number of carbonyl (C=O) groups excluding carboxylic acids is 1. The zero-order valence-corrected chi connectivity index (χ0v) is 12.0. The number of fused-ring (bicyclic) bond motifs is 1. The van der Waals surface area contributed by atoms with Gasteiger partial charge in [0.1, 0.15) is 17.3 Å². The van der Waals surface area contributed by atoms with Crippen LogP contribution in [0, 0.1) is 12.7 Å². The van der Waals surface area contributed by atoms with E-state index in [0.29, 0.717) is 12.5 Å². The molecule has 1 aromatic heterocycles. The molecule has 2 N–H and O–H groups in total. The van der Waals surface area contributed by atoms with Gasteiger partial charge >= 0.3 is 0 Å². The summed E-state index contributed by atoms with van der Waals surface area (Å²) in [4.78, 5) is 13.1. The van der Waals surface area contributed by atoms with Crippen LogP contribution in [0.3, 0.4) is 0 Å². The van der Waals surface area contributed by atoms with Crippen molar-refractivity contribution in [3.63, 3.8) is 0 Å². The maximum atomic E-state index is 13.0. The SMILES string of the molecule is Cc1cc2c(c(-c3ccc(F)cc3)n1)OCC2C.NC=O. The van der Waals surface area contributed by atoms with Gasteiger partial charge in [-0.15, -0.1) is 0 Å². The zero-order valence-electron chi connectivity index (χ0n) is 12.0. The van der Waals surface area contributed by atoms with E-state index in [0.717, 1.165) is 22.7 Å². The summed E-state index contributed by atoms with van der Waals surface area (Å²) in [5.41, 5.74) is 8.03. The molecule has 0 spiro atoms. The van der Waals surface area contributed by atoms with Gasteiger partial charge in [-0.25, -0.2) is 9.37 Å². The van der Waals surface area contributed by atoms with Gasteiger partial charge in [0.25, 0.3) is 0 Å². The lowest BCUT2D eigenvalue weighted by atomic mass is 10.0. The van der Waals surface area contributed by atoms with Crippen LogP contribution >= 0.6 is 0 Å². The largest absolute Gasteiger partial charge is 0.490 e. The summed E-state index contributed by atoms with van der Waals surface area (Å²) in [6, 6.07) is 8.45. The standard InChI is InChI=1S/C15H14FNO.CH3NO/c1-9-8-18-15-13(9)7-10(2)17-14(15)11-3-5-12(16)6-4-11;2-1-3/h3-7,9H,8H2,1-2H3;1H,(H2,2,3). The predicted molar refractivity (Wildman–Crippen MR) is 78.5 cm³/mol. The van der Waals surface area contributed by atoms with Crippen LogP contribution in [0.1, 0.15) is 24.1 Å². The first kappa shape index (κ1) is 15.0. The lowest BCUT2D eigenvalue weighted by Crippen LogP contribution is -1.93. The molecule has 2 aromatic rings. The maximum Gasteiger partial charge on any atom is 0.204 e. The van der Waals surface area contributed by atoms with E-state index >= 15 is 0 Å². The molecule has 1 unspecified atom stereocenters. The second-order valence-corrected chi connectivity index (χ2v) is 4.89. The second-order valence-electron chi connectivity index (χ2n) is 4.89. The molecule has 110 valence electrons. The molecular weight excluding hydrogens is 271 g/mol. The molecule has 0 bridgehead atoms. The average molecular weight is 288 g/mol. The third-order valence-electron chi connectivity index (χ3n) is 3.26. The van der Waals surface area contributed by atoms with E-state index in [-0.39, 0.29) is 12.2 Å². The summed E-state index contributed by atoms with van der Waals surface area (Å²) in [7, 11) is 0. The molecule has 5 heteroatoms. The quantitative estimate of drug-likeness (QED) is 0.821. The van der Waals surface area contributed by atoms with E-state index in [1.165, 1.54) is 17.7 Å². The molecule has 3 rings (SSSR count). The molecule has 1 amide bonds. The van der Waals surface area contributed by atoms with Crippen molar-refractivity contribution in [2.45, 2.75) is 19.8 Å². The number of hydrogen-bond acceptors (Lipinski definition) is 3. The molecule has 0 saturated carbocycles. The molecule has 4 nitrogen and oxygen atoms in total. The summed E-state index contributed by atoms with van der Waals surface area (Å²) in [5, 5.41) is 0. The summed E-state index contributed by atoms with van der Waals surface area (Å²) in [6.45, 7) is 4.80. The number of nitrogens with zero attached hydrogens (tertiary/aromatic N) is 1. The van der Waals surface area contributed by atoms with Crippen molar-refractivity contribution in [3.8, 4) is 17.0 Å². The Morgan fingerprint density at radius 2 is 2.00 bits per heavy atom. The van der Waals surface area contributed by atoms with E-state index in [1.807, 2.05) is 6.92 Å². The minimum atomic E-state index is -0.239. The summed E-state index contributed by atoms with van der Waals surface area (Å²) in [6.07, 6.45) is 0.250. The topological polar surface area (TPSA) is 65.2 Å². The van der Waals surface area contributed by atoms with Gasteiger partial charge in [0.15, 0.2) is 0 Å². The van der Waals surface area contributed by atoms with Crippen LogP contribution in [0.15, 0.2) is 30.3 Å². The molecule has 21 heavy (non-hydrogen) atoms. The number of ether oxygens (including phenoxy) is 1. The Balaban J connectivity index is 0.000000497. The molecule has 0 aliphatic carbocycles. The van der Waals surface area contributed by atoms with Gasteiger partial charge in [-0.05, 0) is 37.3 Å². The summed E-state index contributed by atoms with van der Waals surface area (Å²) in [5.74, 6) is 0.998. The van der Waals surface area contributed by atoms with Gasteiger partial charge in [-0.3, -0.25) is 4.79 Å². The number of benzene rings is 1. The normalized spacial score (nSPS) is 15.5.